The van der Waals surface area contributed by atoms with E-state index in [1.54, 1.807) is 6.92 Å². The molecule has 1 rings (SSSR count). The van der Waals surface area contributed by atoms with Crippen molar-refractivity contribution in [3.63, 3.8) is 0 Å². The first-order valence-corrected chi connectivity index (χ1v) is 4.43. The van der Waals surface area contributed by atoms with E-state index < -0.39 is 0 Å². The van der Waals surface area contributed by atoms with Crippen LogP contribution in [0.5, 0.6) is 0 Å². The highest BCUT2D eigenvalue weighted by Gasteiger charge is 2.26. The Labute approximate surface area is 68.4 Å². The summed E-state index contributed by atoms with van der Waals surface area (Å²) in [5.41, 5.74) is 0. The average Bonchev–Trinajstić information content (AvgIpc) is 2.40. The van der Waals surface area contributed by atoms with Crippen LogP contribution in [0.25, 0.3) is 0 Å². The summed E-state index contributed by atoms with van der Waals surface area (Å²) in [7, 11) is 1.88. The summed E-state index contributed by atoms with van der Waals surface area (Å²) < 4.78 is 0. The molecule has 1 aliphatic carbocycles. The van der Waals surface area contributed by atoms with Crippen LogP contribution in [-0.4, -0.2) is 18.9 Å². The predicted octanol–water partition coefficient (Wildman–Crippen LogP) is 1.35. The van der Waals surface area contributed by atoms with Crippen molar-refractivity contribution in [3.8, 4) is 0 Å². The number of hydrogen-bond donors (Lipinski definition) is 1. The third-order valence-corrected chi connectivity index (χ3v) is 2.62. The maximum atomic E-state index is 11.1. The van der Waals surface area contributed by atoms with Gasteiger partial charge in [-0.25, -0.2) is 0 Å². The number of hydrogen-bond acceptors (Lipinski definition) is 2. The Hall–Kier alpha value is -0.370. The molecule has 0 aliphatic heterocycles. The highest BCUT2D eigenvalue weighted by Crippen LogP contribution is 2.27. The van der Waals surface area contributed by atoms with Gasteiger partial charge in [-0.05, 0) is 32.7 Å². The van der Waals surface area contributed by atoms with Crippen molar-refractivity contribution < 1.29 is 4.79 Å². The van der Waals surface area contributed by atoms with Gasteiger partial charge in [0.25, 0.3) is 0 Å². The Kier molecular flexibility index (Phi) is 3.06. The molecule has 0 unspecified atom stereocenters. The van der Waals surface area contributed by atoms with E-state index >= 15 is 0 Å². The van der Waals surface area contributed by atoms with Crippen molar-refractivity contribution in [1.82, 2.24) is 5.32 Å². The SMILES string of the molecule is CN[C@@H](C(C)=O)C1CCCC1. The molecule has 0 heterocycles. The number of carbonyl (C=O) groups is 1. The zero-order valence-corrected chi connectivity index (χ0v) is 7.39. The fourth-order valence-electron chi connectivity index (χ4n) is 2.06. The summed E-state index contributed by atoms with van der Waals surface area (Å²) in [6.45, 7) is 1.68. The molecule has 0 radical (unpaired) electrons. The van der Waals surface area contributed by atoms with Crippen LogP contribution in [0.1, 0.15) is 32.6 Å². The van der Waals surface area contributed by atoms with Gasteiger partial charge in [-0.3, -0.25) is 4.79 Å². The van der Waals surface area contributed by atoms with E-state index in [0.717, 1.165) is 0 Å². The minimum absolute atomic E-state index is 0.123. The molecule has 2 heteroatoms. The Morgan fingerprint density at radius 1 is 1.45 bits per heavy atom. The largest absolute Gasteiger partial charge is 0.310 e. The number of ketones is 1. The van der Waals surface area contributed by atoms with Crippen LogP contribution < -0.4 is 5.32 Å². The van der Waals surface area contributed by atoms with E-state index in [2.05, 4.69) is 5.32 Å². The second kappa shape index (κ2) is 3.86. The van der Waals surface area contributed by atoms with Crippen molar-refractivity contribution in [1.29, 1.82) is 0 Å². The van der Waals surface area contributed by atoms with E-state index in [1.165, 1.54) is 25.7 Å². The van der Waals surface area contributed by atoms with Crippen molar-refractivity contribution in [2.24, 2.45) is 5.92 Å². The fraction of sp³-hybridized carbons (Fsp3) is 0.889. The van der Waals surface area contributed by atoms with Gasteiger partial charge in [0.1, 0.15) is 5.78 Å². The maximum Gasteiger partial charge on any atom is 0.146 e. The Morgan fingerprint density at radius 2 is 2.00 bits per heavy atom. The molecule has 0 aromatic rings. The molecule has 0 saturated heterocycles. The topological polar surface area (TPSA) is 29.1 Å². The molecule has 0 amide bonds. The van der Waals surface area contributed by atoms with Crippen LogP contribution in [0.3, 0.4) is 0 Å². The zero-order chi connectivity index (χ0) is 8.27. The summed E-state index contributed by atoms with van der Waals surface area (Å²) >= 11 is 0. The summed E-state index contributed by atoms with van der Waals surface area (Å²) in [5, 5.41) is 3.09. The van der Waals surface area contributed by atoms with Gasteiger partial charge in [0, 0.05) is 0 Å². The summed E-state index contributed by atoms with van der Waals surface area (Å²) in [5.74, 6) is 0.900. The fourth-order valence-corrected chi connectivity index (χ4v) is 2.06. The first-order valence-electron chi connectivity index (χ1n) is 4.43. The highest BCUT2D eigenvalue weighted by molar-refractivity contribution is 5.81. The number of Topliss-reactive ketones (excluding diaryl/α,β-unsaturated/α-hetero) is 1. The van der Waals surface area contributed by atoms with Gasteiger partial charge >= 0.3 is 0 Å². The van der Waals surface area contributed by atoms with Gasteiger partial charge in [0.15, 0.2) is 0 Å². The Morgan fingerprint density at radius 3 is 2.36 bits per heavy atom. The van der Waals surface area contributed by atoms with Crippen molar-refractivity contribution >= 4 is 5.78 Å². The van der Waals surface area contributed by atoms with E-state index in [9.17, 15) is 4.79 Å². The zero-order valence-electron chi connectivity index (χ0n) is 7.39. The number of likely N-dealkylation sites (N-methyl/N-ethyl adjacent to an activating group) is 1. The third-order valence-electron chi connectivity index (χ3n) is 2.62. The van der Waals surface area contributed by atoms with Crippen molar-refractivity contribution in [3.05, 3.63) is 0 Å². The molecule has 0 aromatic heterocycles. The monoisotopic (exact) mass is 155 g/mol. The number of rotatable bonds is 3. The Bertz CT molecular complexity index is 138. The molecule has 1 fully saturated rings. The molecule has 1 N–H and O–H groups in total. The van der Waals surface area contributed by atoms with E-state index in [-0.39, 0.29) is 6.04 Å². The highest BCUT2D eigenvalue weighted by atomic mass is 16.1. The molecule has 1 atom stereocenters. The summed E-state index contributed by atoms with van der Waals surface area (Å²) in [6, 6.07) is 0.123. The van der Waals surface area contributed by atoms with Crippen molar-refractivity contribution in [2.75, 3.05) is 7.05 Å². The lowest BCUT2D eigenvalue weighted by atomic mass is 9.95. The second-order valence-corrected chi connectivity index (χ2v) is 3.42. The predicted molar refractivity (Wildman–Crippen MR) is 45.5 cm³/mol. The van der Waals surface area contributed by atoms with Gasteiger partial charge in [0.05, 0.1) is 6.04 Å². The van der Waals surface area contributed by atoms with Gasteiger partial charge in [-0.1, -0.05) is 12.8 Å². The summed E-state index contributed by atoms with van der Waals surface area (Å²) in [4.78, 5) is 11.1. The smallest absolute Gasteiger partial charge is 0.146 e. The molecule has 1 aliphatic rings. The first kappa shape index (κ1) is 8.72. The van der Waals surface area contributed by atoms with Gasteiger partial charge in [-0.2, -0.15) is 0 Å². The van der Waals surface area contributed by atoms with E-state index in [1.807, 2.05) is 7.05 Å². The molecule has 11 heavy (non-hydrogen) atoms. The summed E-state index contributed by atoms with van der Waals surface area (Å²) in [6.07, 6.45) is 5.06. The first-order chi connectivity index (χ1) is 5.25. The van der Waals surface area contributed by atoms with Gasteiger partial charge in [-0.15, -0.1) is 0 Å². The minimum atomic E-state index is 0.123. The molecule has 1 saturated carbocycles. The molecule has 0 spiro atoms. The molecule has 0 bridgehead atoms. The molecule has 0 aromatic carbocycles. The van der Waals surface area contributed by atoms with Crippen LogP contribution in [0.15, 0.2) is 0 Å². The standard InChI is InChI=1S/C9H17NO/c1-7(11)9(10-2)8-5-3-4-6-8/h8-10H,3-6H2,1-2H3/t9-/m0/s1. The molecular formula is C9H17NO. The van der Waals surface area contributed by atoms with Crippen LogP contribution >= 0.6 is 0 Å². The lowest BCUT2D eigenvalue weighted by Gasteiger charge is -2.19. The normalized spacial score (nSPS) is 22.0. The van der Waals surface area contributed by atoms with Gasteiger partial charge in [0.2, 0.25) is 0 Å². The van der Waals surface area contributed by atoms with Gasteiger partial charge < -0.3 is 5.32 Å². The lowest BCUT2D eigenvalue weighted by molar-refractivity contribution is -0.120. The average molecular weight is 155 g/mol. The maximum absolute atomic E-state index is 11.1. The van der Waals surface area contributed by atoms with Crippen LogP contribution in [-0.2, 0) is 4.79 Å². The minimum Gasteiger partial charge on any atom is -0.310 e. The van der Waals surface area contributed by atoms with Crippen LogP contribution in [0.4, 0.5) is 0 Å². The van der Waals surface area contributed by atoms with Crippen molar-refractivity contribution in [2.45, 2.75) is 38.6 Å². The molecular weight excluding hydrogens is 138 g/mol. The van der Waals surface area contributed by atoms with Crippen LogP contribution in [0, 0.1) is 5.92 Å². The van der Waals surface area contributed by atoms with Crippen LogP contribution in [0.2, 0.25) is 0 Å². The molecule has 2 nitrogen and oxygen atoms in total. The second-order valence-electron chi connectivity index (χ2n) is 3.42. The lowest BCUT2D eigenvalue weighted by Crippen LogP contribution is -2.38. The molecule has 64 valence electrons. The number of carbonyl (C=O) groups excluding carboxylic acids is 1. The van der Waals surface area contributed by atoms with E-state index in [4.69, 9.17) is 0 Å². The number of nitrogens with one attached hydrogen (secondary N) is 1. The quantitative estimate of drug-likeness (QED) is 0.666. The Balaban J connectivity index is 2.46. The van der Waals surface area contributed by atoms with E-state index in [0.29, 0.717) is 11.7 Å². The third kappa shape index (κ3) is 2.03.